The van der Waals surface area contributed by atoms with Crippen LogP contribution in [0.2, 0.25) is 0 Å². The van der Waals surface area contributed by atoms with E-state index in [9.17, 15) is 14.4 Å². The number of carbonyl (C=O) groups is 3. The van der Waals surface area contributed by atoms with E-state index >= 15 is 0 Å². The standard InChI is InChI=1S/C11H20N10O3/c1-6(2)8(17-21-20-14)10(23)16-7(9(22)18-19-13)4-3-5-15-11(12)24/h6-8,17H,3-5H2,1-2H3,(H,16,23)(H3,12,15,24)/t7-,8-/m0/s1. The highest BCUT2D eigenvalue weighted by molar-refractivity contribution is 5.90. The van der Waals surface area contributed by atoms with Crippen molar-refractivity contribution < 1.29 is 14.4 Å². The van der Waals surface area contributed by atoms with Gasteiger partial charge in [0.25, 0.3) is 5.91 Å². The maximum absolute atomic E-state index is 12.2. The summed E-state index contributed by atoms with van der Waals surface area (Å²) in [7, 11) is 0. The summed E-state index contributed by atoms with van der Waals surface area (Å²) in [6.07, 6.45) is 0.437. The predicted octanol–water partition coefficient (Wildman–Crippen LogP) is 0.596. The molecular weight excluding hydrogens is 320 g/mol. The molecule has 0 radical (unpaired) electrons. The van der Waals surface area contributed by atoms with Crippen LogP contribution in [0.15, 0.2) is 10.3 Å². The first-order chi connectivity index (χ1) is 11.3. The van der Waals surface area contributed by atoms with Crippen molar-refractivity contribution in [1.82, 2.24) is 16.1 Å². The summed E-state index contributed by atoms with van der Waals surface area (Å²) in [4.78, 5) is 39.5. The summed E-state index contributed by atoms with van der Waals surface area (Å²) < 4.78 is 0. The fourth-order valence-electron chi connectivity index (χ4n) is 1.75. The van der Waals surface area contributed by atoms with E-state index in [0.29, 0.717) is 6.42 Å². The van der Waals surface area contributed by atoms with Crippen molar-refractivity contribution in [3.8, 4) is 0 Å². The number of carbonyl (C=O) groups excluding carboxylic acids is 3. The third-order valence-electron chi connectivity index (χ3n) is 2.92. The van der Waals surface area contributed by atoms with Crippen LogP contribution in [0.5, 0.6) is 0 Å². The zero-order valence-corrected chi connectivity index (χ0v) is 13.3. The molecule has 0 aliphatic heterocycles. The molecule has 2 atom stereocenters. The third-order valence-corrected chi connectivity index (χ3v) is 2.92. The number of nitrogens with zero attached hydrogens (tertiary/aromatic N) is 6. The molecule has 0 bridgehead atoms. The highest BCUT2D eigenvalue weighted by Gasteiger charge is 2.28. The summed E-state index contributed by atoms with van der Waals surface area (Å²) in [5.41, 5.74) is 23.9. The first-order valence-corrected chi connectivity index (χ1v) is 7.05. The maximum atomic E-state index is 12.2. The van der Waals surface area contributed by atoms with Gasteiger partial charge >= 0.3 is 6.03 Å². The summed E-state index contributed by atoms with van der Waals surface area (Å²) >= 11 is 0. The van der Waals surface area contributed by atoms with Crippen molar-refractivity contribution >= 4 is 17.8 Å². The summed E-state index contributed by atoms with van der Waals surface area (Å²) in [5, 5.41) is 10.9. The second kappa shape index (κ2) is 11.4. The highest BCUT2D eigenvalue weighted by Crippen LogP contribution is 2.06. The fraction of sp³-hybridized carbons (Fsp3) is 0.727. The second-order valence-corrected chi connectivity index (χ2v) is 5.06. The van der Waals surface area contributed by atoms with Crippen LogP contribution in [0.3, 0.4) is 0 Å². The van der Waals surface area contributed by atoms with Gasteiger partial charge < -0.3 is 16.4 Å². The van der Waals surface area contributed by atoms with Gasteiger partial charge in [-0.1, -0.05) is 13.8 Å². The Morgan fingerprint density at radius 2 is 1.88 bits per heavy atom. The van der Waals surface area contributed by atoms with E-state index in [0.717, 1.165) is 0 Å². The van der Waals surface area contributed by atoms with Crippen LogP contribution in [0, 0.1) is 5.92 Å². The Bertz CT molecular complexity index is 550. The number of hydrogen-bond acceptors (Lipinski definition) is 4. The maximum Gasteiger partial charge on any atom is 0.312 e. The minimum Gasteiger partial charge on any atom is -0.352 e. The summed E-state index contributed by atoms with van der Waals surface area (Å²) in [6, 6.07) is -2.65. The third kappa shape index (κ3) is 8.32. The van der Waals surface area contributed by atoms with E-state index in [4.69, 9.17) is 16.8 Å². The largest absolute Gasteiger partial charge is 0.352 e. The van der Waals surface area contributed by atoms with Crippen LogP contribution in [0.1, 0.15) is 26.7 Å². The Kier molecular flexibility index (Phi) is 9.90. The number of primary amides is 1. The first-order valence-electron chi connectivity index (χ1n) is 7.05. The molecule has 0 saturated carbocycles. The predicted molar refractivity (Wildman–Crippen MR) is 83.8 cm³/mol. The molecule has 0 aliphatic carbocycles. The molecule has 132 valence electrons. The van der Waals surface area contributed by atoms with E-state index in [1.54, 1.807) is 13.8 Å². The minimum atomic E-state index is -1.07. The van der Waals surface area contributed by atoms with E-state index in [-0.39, 0.29) is 18.9 Å². The zero-order valence-electron chi connectivity index (χ0n) is 13.3. The van der Waals surface area contributed by atoms with Crippen molar-refractivity contribution in [2.75, 3.05) is 6.54 Å². The van der Waals surface area contributed by atoms with Crippen molar-refractivity contribution in [2.24, 2.45) is 22.0 Å². The van der Waals surface area contributed by atoms with Crippen molar-refractivity contribution in [3.05, 3.63) is 20.9 Å². The molecule has 0 aromatic rings. The monoisotopic (exact) mass is 340 g/mol. The SMILES string of the molecule is CC(C)[C@H](NN=[N+]=[N-])C(=O)N[C@@H](CCCNC(N)=O)C(=O)N=[N+]=[N-]. The second-order valence-electron chi connectivity index (χ2n) is 5.06. The Morgan fingerprint density at radius 1 is 1.21 bits per heavy atom. The molecule has 0 fully saturated rings. The summed E-state index contributed by atoms with van der Waals surface area (Å²) in [6.45, 7) is 3.62. The Labute approximate surface area is 137 Å². The lowest BCUT2D eigenvalue weighted by Gasteiger charge is -2.21. The van der Waals surface area contributed by atoms with Crippen molar-refractivity contribution in [3.63, 3.8) is 0 Å². The molecule has 0 aromatic carbocycles. The molecule has 13 heteroatoms. The fourth-order valence-corrected chi connectivity index (χ4v) is 1.75. The van der Waals surface area contributed by atoms with Crippen LogP contribution < -0.4 is 21.8 Å². The molecule has 13 nitrogen and oxygen atoms in total. The number of azide groups is 2. The van der Waals surface area contributed by atoms with Gasteiger partial charge in [-0.15, -0.1) is 5.53 Å². The number of hydrogen-bond donors (Lipinski definition) is 4. The van der Waals surface area contributed by atoms with Gasteiger partial charge in [-0.25, -0.2) is 10.2 Å². The Morgan fingerprint density at radius 3 is 2.38 bits per heavy atom. The molecule has 0 heterocycles. The van der Waals surface area contributed by atoms with Gasteiger partial charge in [0.05, 0.1) is 6.04 Å². The number of urea groups is 1. The summed E-state index contributed by atoms with van der Waals surface area (Å²) in [5.74, 6) is -1.69. The van der Waals surface area contributed by atoms with Gasteiger partial charge in [0.1, 0.15) is 0 Å². The average molecular weight is 340 g/mol. The molecule has 0 spiro atoms. The lowest BCUT2D eigenvalue weighted by molar-refractivity contribution is -0.129. The normalized spacial score (nSPS) is 12.1. The minimum absolute atomic E-state index is 0.121. The topological polar surface area (TPSA) is 211 Å². The van der Waals surface area contributed by atoms with Gasteiger partial charge in [-0.2, -0.15) is 4.91 Å². The molecule has 0 aromatic heterocycles. The lowest BCUT2D eigenvalue weighted by atomic mass is 10.0. The molecule has 0 rings (SSSR count). The molecule has 0 unspecified atom stereocenters. The Balaban J connectivity index is 4.90. The van der Waals surface area contributed by atoms with Crippen molar-refractivity contribution in [2.45, 2.75) is 38.8 Å². The van der Waals surface area contributed by atoms with Gasteiger partial charge in [0.2, 0.25) is 5.91 Å². The average Bonchev–Trinajstić information content (AvgIpc) is 2.50. The zero-order chi connectivity index (χ0) is 18.5. The molecular formula is C11H20N10O3. The van der Waals surface area contributed by atoms with E-state index in [2.05, 4.69) is 36.2 Å². The number of amides is 4. The van der Waals surface area contributed by atoms with Crippen LogP contribution in [-0.4, -0.2) is 36.5 Å². The quantitative estimate of drug-likeness (QED) is 0.148. The number of nitrogens with one attached hydrogen (secondary N) is 3. The van der Waals surface area contributed by atoms with Crippen LogP contribution >= 0.6 is 0 Å². The molecule has 0 saturated heterocycles. The van der Waals surface area contributed by atoms with Crippen LogP contribution in [0.4, 0.5) is 4.79 Å². The van der Waals surface area contributed by atoms with Crippen LogP contribution in [-0.2, 0) is 9.59 Å². The van der Waals surface area contributed by atoms with Crippen LogP contribution in [0.25, 0.3) is 20.9 Å². The van der Waals surface area contributed by atoms with Gasteiger partial charge in [-0.3, -0.25) is 9.59 Å². The smallest absolute Gasteiger partial charge is 0.312 e. The Hall–Kier alpha value is -3.17. The first kappa shape index (κ1) is 20.8. The van der Waals surface area contributed by atoms with Gasteiger partial charge in [0, 0.05) is 17.4 Å². The molecule has 5 N–H and O–H groups in total. The van der Waals surface area contributed by atoms with Crippen molar-refractivity contribution in [1.29, 1.82) is 0 Å². The van der Waals surface area contributed by atoms with Gasteiger partial charge in [0.15, 0.2) is 6.04 Å². The highest BCUT2D eigenvalue weighted by atomic mass is 16.2. The van der Waals surface area contributed by atoms with Gasteiger partial charge in [-0.05, 0) is 28.7 Å². The van der Waals surface area contributed by atoms with E-state index in [1.807, 2.05) is 0 Å². The van der Waals surface area contributed by atoms with E-state index < -0.39 is 29.9 Å². The lowest BCUT2D eigenvalue weighted by Crippen LogP contribution is -2.50. The number of rotatable bonds is 10. The molecule has 4 amide bonds. The molecule has 24 heavy (non-hydrogen) atoms. The van der Waals surface area contributed by atoms with E-state index in [1.165, 1.54) is 0 Å². The molecule has 0 aliphatic rings. The number of nitrogens with two attached hydrogens (primary N) is 1.